The highest BCUT2D eigenvalue weighted by molar-refractivity contribution is 6.45. The van der Waals surface area contributed by atoms with Crippen molar-refractivity contribution in [2.24, 2.45) is 0 Å². The van der Waals surface area contributed by atoms with Gasteiger partial charge >= 0.3 is 0 Å². The Bertz CT molecular complexity index is 991. The quantitative estimate of drug-likeness (QED) is 0.812. The minimum atomic E-state index is -0.362. The number of aliphatic hydroxyl groups excluding tert-OH is 1. The lowest BCUT2D eigenvalue weighted by molar-refractivity contribution is -0.120. The summed E-state index contributed by atoms with van der Waals surface area (Å²) in [6.45, 7) is 8.05. The SMILES string of the molecule is Cc1ccc(C2=C(N(C)CCO)C(=O)N(c3ccc(C)c(C)c3)C2=O)c(C)c1. The van der Waals surface area contributed by atoms with Crippen molar-refractivity contribution in [3.8, 4) is 0 Å². The predicted molar refractivity (Wildman–Crippen MR) is 111 cm³/mol. The molecular weight excluding hydrogens is 352 g/mol. The molecule has 0 unspecified atom stereocenters. The summed E-state index contributed by atoms with van der Waals surface area (Å²) in [5.74, 6) is -0.695. The van der Waals surface area contributed by atoms with Crippen LogP contribution in [-0.4, -0.2) is 42.0 Å². The summed E-state index contributed by atoms with van der Waals surface area (Å²) in [6, 6.07) is 11.4. The van der Waals surface area contributed by atoms with Crippen LogP contribution in [0.4, 0.5) is 5.69 Å². The van der Waals surface area contributed by atoms with Crippen LogP contribution in [0.25, 0.3) is 5.57 Å². The molecule has 3 rings (SSSR count). The molecule has 0 fully saturated rings. The van der Waals surface area contributed by atoms with Gasteiger partial charge in [0.2, 0.25) is 0 Å². The van der Waals surface area contributed by atoms with E-state index in [0.29, 0.717) is 17.0 Å². The third kappa shape index (κ3) is 3.34. The fourth-order valence-corrected chi connectivity index (χ4v) is 3.57. The van der Waals surface area contributed by atoms with Crippen LogP contribution in [-0.2, 0) is 9.59 Å². The summed E-state index contributed by atoms with van der Waals surface area (Å²) in [7, 11) is 1.73. The van der Waals surface area contributed by atoms with E-state index in [-0.39, 0.29) is 25.0 Å². The Labute approximate surface area is 165 Å². The van der Waals surface area contributed by atoms with Crippen molar-refractivity contribution in [1.29, 1.82) is 0 Å². The number of imide groups is 1. The van der Waals surface area contributed by atoms with Crippen molar-refractivity contribution in [3.63, 3.8) is 0 Å². The summed E-state index contributed by atoms with van der Waals surface area (Å²) >= 11 is 0. The number of anilines is 1. The Morgan fingerprint density at radius 3 is 2.21 bits per heavy atom. The minimum absolute atomic E-state index is 0.106. The number of carbonyl (C=O) groups is 2. The van der Waals surface area contributed by atoms with Gasteiger partial charge in [-0.25, -0.2) is 4.90 Å². The molecule has 0 bridgehead atoms. The Kier molecular flexibility index (Phi) is 5.38. The fraction of sp³-hybridized carbons (Fsp3) is 0.304. The van der Waals surface area contributed by atoms with Gasteiger partial charge in [-0.05, 0) is 62.1 Å². The normalized spacial score (nSPS) is 14.3. The minimum Gasteiger partial charge on any atom is -0.395 e. The molecule has 0 radical (unpaired) electrons. The van der Waals surface area contributed by atoms with Gasteiger partial charge < -0.3 is 10.0 Å². The fourth-order valence-electron chi connectivity index (χ4n) is 3.57. The van der Waals surface area contributed by atoms with Gasteiger partial charge in [-0.2, -0.15) is 0 Å². The molecule has 146 valence electrons. The molecule has 1 N–H and O–H groups in total. The molecule has 2 amide bonds. The Morgan fingerprint density at radius 1 is 0.893 bits per heavy atom. The molecule has 0 atom stereocenters. The number of hydrogen-bond donors (Lipinski definition) is 1. The Balaban J connectivity index is 2.18. The largest absolute Gasteiger partial charge is 0.395 e. The number of amides is 2. The summed E-state index contributed by atoms with van der Waals surface area (Å²) < 4.78 is 0. The zero-order valence-corrected chi connectivity index (χ0v) is 17.0. The van der Waals surface area contributed by atoms with E-state index in [1.54, 1.807) is 18.0 Å². The van der Waals surface area contributed by atoms with Gasteiger partial charge in [0.25, 0.3) is 11.8 Å². The molecule has 0 spiro atoms. The highest BCUT2D eigenvalue weighted by Crippen LogP contribution is 2.36. The molecule has 2 aromatic carbocycles. The maximum atomic E-state index is 13.4. The van der Waals surface area contributed by atoms with Crippen LogP contribution in [0.5, 0.6) is 0 Å². The van der Waals surface area contributed by atoms with Crippen LogP contribution >= 0.6 is 0 Å². The van der Waals surface area contributed by atoms with Crippen molar-refractivity contribution >= 4 is 23.1 Å². The molecule has 0 saturated carbocycles. The van der Waals surface area contributed by atoms with Gasteiger partial charge in [-0.3, -0.25) is 9.59 Å². The third-order valence-electron chi connectivity index (χ3n) is 5.28. The molecule has 0 saturated heterocycles. The first-order chi connectivity index (χ1) is 13.3. The van der Waals surface area contributed by atoms with E-state index < -0.39 is 0 Å². The van der Waals surface area contributed by atoms with Crippen molar-refractivity contribution in [2.75, 3.05) is 25.1 Å². The van der Waals surface area contributed by atoms with Crippen molar-refractivity contribution in [3.05, 3.63) is 69.9 Å². The molecule has 2 aromatic rings. The summed E-state index contributed by atoms with van der Waals surface area (Å²) in [4.78, 5) is 29.6. The van der Waals surface area contributed by atoms with E-state index in [9.17, 15) is 14.7 Å². The van der Waals surface area contributed by atoms with Gasteiger partial charge in [0.05, 0.1) is 17.9 Å². The van der Waals surface area contributed by atoms with E-state index in [1.807, 2.05) is 58.0 Å². The second-order valence-electron chi connectivity index (χ2n) is 7.40. The van der Waals surface area contributed by atoms with Crippen LogP contribution < -0.4 is 4.90 Å². The number of likely N-dealkylation sites (N-methyl/N-ethyl adjacent to an activating group) is 1. The summed E-state index contributed by atoms with van der Waals surface area (Å²) in [5.41, 5.74) is 6.16. The molecule has 0 aliphatic carbocycles. The Morgan fingerprint density at radius 2 is 1.61 bits per heavy atom. The number of nitrogens with zero attached hydrogens (tertiary/aromatic N) is 2. The molecule has 1 heterocycles. The second kappa shape index (κ2) is 7.60. The van der Waals surface area contributed by atoms with Crippen LogP contribution in [0.1, 0.15) is 27.8 Å². The molecule has 1 aliphatic rings. The van der Waals surface area contributed by atoms with E-state index in [2.05, 4.69) is 0 Å². The first-order valence-corrected chi connectivity index (χ1v) is 9.36. The summed E-state index contributed by atoms with van der Waals surface area (Å²) in [5, 5.41) is 9.37. The number of carbonyl (C=O) groups excluding carboxylic acids is 2. The lowest BCUT2D eigenvalue weighted by Gasteiger charge is -2.21. The number of hydrogen-bond acceptors (Lipinski definition) is 4. The highest BCUT2D eigenvalue weighted by Gasteiger charge is 2.42. The lowest BCUT2D eigenvalue weighted by Crippen LogP contribution is -2.35. The standard InChI is InChI=1S/C23H26N2O3/c1-14-6-9-19(17(4)12-14)20-21(24(5)10-11-26)23(28)25(22(20)27)18-8-7-15(2)16(3)13-18/h6-9,12-13,26H,10-11H2,1-5H3. The van der Waals surface area contributed by atoms with Crippen molar-refractivity contribution in [2.45, 2.75) is 27.7 Å². The van der Waals surface area contributed by atoms with Crippen LogP contribution in [0.2, 0.25) is 0 Å². The average Bonchev–Trinajstić information content (AvgIpc) is 2.88. The maximum absolute atomic E-state index is 13.4. The van der Waals surface area contributed by atoms with Crippen molar-refractivity contribution < 1.29 is 14.7 Å². The van der Waals surface area contributed by atoms with Crippen molar-refractivity contribution in [1.82, 2.24) is 4.90 Å². The highest BCUT2D eigenvalue weighted by atomic mass is 16.3. The zero-order chi connectivity index (χ0) is 20.6. The topological polar surface area (TPSA) is 60.9 Å². The molecular formula is C23H26N2O3. The van der Waals surface area contributed by atoms with Gasteiger partial charge in [0, 0.05) is 13.6 Å². The number of aliphatic hydroxyl groups is 1. The molecule has 1 aliphatic heterocycles. The van der Waals surface area contributed by atoms with E-state index >= 15 is 0 Å². The Hall–Kier alpha value is -2.92. The van der Waals surface area contributed by atoms with E-state index in [1.165, 1.54) is 4.90 Å². The van der Waals surface area contributed by atoms with E-state index in [0.717, 1.165) is 27.8 Å². The number of rotatable bonds is 5. The molecule has 0 aromatic heterocycles. The second-order valence-corrected chi connectivity index (χ2v) is 7.40. The first-order valence-electron chi connectivity index (χ1n) is 9.36. The van der Waals surface area contributed by atoms with E-state index in [4.69, 9.17) is 0 Å². The maximum Gasteiger partial charge on any atom is 0.282 e. The third-order valence-corrected chi connectivity index (χ3v) is 5.28. The van der Waals surface area contributed by atoms with Gasteiger partial charge in [-0.1, -0.05) is 29.8 Å². The smallest absolute Gasteiger partial charge is 0.282 e. The summed E-state index contributed by atoms with van der Waals surface area (Å²) in [6.07, 6.45) is 0. The van der Waals surface area contributed by atoms with Gasteiger partial charge in [0.15, 0.2) is 0 Å². The number of benzene rings is 2. The molecule has 28 heavy (non-hydrogen) atoms. The number of aryl methyl sites for hydroxylation is 4. The molecule has 5 heteroatoms. The van der Waals surface area contributed by atoms with Gasteiger partial charge in [0.1, 0.15) is 5.70 Å². The van der Waals surface area contributed by atoms with Crippen LogP contribution in [0, 0.1) is 27.7 Å². The zero-order valence-electron chi connectivity index (χ0n) is 17.0. The molecule has 5 nitrogen and oxygen atoms in total. The average molecular weight is 378 g/mol. The van der Waals surface area contributed by atoms with Crippen LogP contribution in [0.15, 0.2) is 42.1 Å². The van der Waals surface area contributed by atoms with Crippen LogP contribution in [0.3, 0.4) is 0 Å². The van der Waals surface area contributed by atoms with Gasteiger partial charge in [-0.15, -0.1) is 0 Å². The lowest BCUT2D eigenvalue weighted by atomic mass is 9.97. The predicted octanol–water partition coefficient (Wildman–Crippen LogP) is 3.13. The monoisotopic (exact) mass is 378 g/mol. The first kappa shape index (κ1) is 19.8.